The lowest BCUT2D eigenvalue weighted by molar-refractivity contribution is -0.141. The van der Waals surface area contributed by atoms with Gasteiger partial charge in [0.15, 0.2) is 0 Å². The van der Waals surface area contributed by atoms with Crippen molar-refractivity contribution < 1.29 is 48.6 Å². The van der Waals surface area contributed by atoms with E-state index >= 15 is 0 Å². The van der Waals surface area contributed by atoms with E-state index < -0.39 is 84.9 Å². The highest BCUT2D eigenvalue weighted by Crippen LogP contribution is 2.07. The number of nitrogens with two attached hydrogens (primary N) is 1. The van der Waals surface area contributed by atoms with Crippen molar-refractivity contribution >= 4 is 47.8 Å². The average molecular weight is 501 g/mol. The molecule has 0 aliphatic carbocycles. The van der Waals surface area contributed by atoms with Crippen LogP contribution in [-0.4, -0.2) is 82.1 Å². The second-order valence-corrected chi connectivity index (χ2v) is 8.12. The van der Waals surface area contributed by atoms with E-state index in [1.54, 1.807) is 13.8 Å². The second-order valence-electron chi connectivity index (χ2n) is 8.12. The lowest BCUT2D eigenvalue weighted by Gasteiger charge is -2.25. The van der Waals surface area contributed by atoms with Crippen molar-refractivity contribution in [3.8, 4) is 0 Å². The van der Waals surface area contributed by atoms with Gasteiger partial charge >= 0.3 is 11.9 Å². The number of hydrogen-bond acceptors (Lipinski definition) is 8. The van der Waals surface area contributed by atoms with Gasteiger partial charge in [0, 0.05) is 6.92 Å². The van der Waals surface area contributed by atoms with Gasteiger partial charge in [0.1, 0.15) is 24.4 Å². The van der Waals surface area contributed by atoms with Crippen LogP contribution in [0.1, 0.15) is 46.5 Å². The van der Waals surface area contributed by atoms with Gasteiger partial charge in [0.05, 0.1) is 25.3 Å². The molecule has 0 aromatic rings. The summed E-state index contributed by atoms with van der Waals surface area (Å²) >= 11 is 0. The summed E-state index contributed by atoms with van der Waals surface area (Å²) in [6.45, 7) is 4.47. The molecule has 0 saturated heterocycles. The molecule has 0 rings (SSSR count). The van der Waals surface area contributed by atoms with E-state index in [0.717, 1.165) is 6.92 Å². The van der Waals surface area contributed by atoms with Crippen molar-refractivity contribution in [3.05, 3.63) is 0 Å². The van der Waals surface area contributed by atoms with Gasteiger partial charge in [-0.1, -0.05) is 13.8 Å². The Labute approximate surface area is 200 Å². The van der Waals surface area contributed by atoms with E-state index in [1.807, 2.05) is 0 Å². The normalized spacial score (nSPS) is 13.9. The molecule has 0 aromatic heterocycles. The predicted octanol–water partition coefficient (Wildman–Crippen LogP) is -2.98. The molecule has 5 amide bonds. The Morgan fingerprint density at radius 1 is 0.743 bits per heavy atom. The zero-order valence-corrected chi connectivity index (χ0v) is 19.5. The molecule has 196 valence electrons. The lowest BCUT2D eigenvalue weighted by atomic mass is 10.0. The highest BCUT2D eigenvalue weighted by atomic mass is 16.4. The third-order valence-electron chi connectivity index (χ3n) is 4.34. The summed E-state index contributed by atoms with van der Waals surface area (Å²) in [5, 5.41) is 26.5. The van der Waals surface area contributed by atoms with Crippen LogP contribution in [0.15, 0.2) is 0 Å². The minimum atomic E-state index is -1.63. The number of nitrogens with one attached hydrogen (secondary N) is 4. The number of carbonyl (C=O) groups excluding carboxylic acids is 6. The largest absolute Gasteiger partial charge is 0.481 e. The summed E-state index contributed by atoms with van der Waals surface area (Å²) in [6.07, 6.45) is -1.96. The Balaban J connectivity index is 5.68. The Morgan fingerprint density at radius 2 is 1.20 bits per heavy atom. The van der Waals surface area contributed by atoms with Crippen molar-refractivity contribution in [2.45, 2.75) is 70.6 Å². The fraction of sp³-hybridized carbons (Fsp3) is 0.600. The predicted molar refractivity (Wildman–Crippen MR) is 117 cm³/mol. The zero-order valence-electron chi connectivity index (χ0n) is 19.5. The maximum Gasteiger partial charge on any atom is 0.305 e. The maximum absolute atomic E-state index is 12.8. The summed E-state index contributed by atoms with van der Waals surface area (Å²) in [5.41, 5.74) is 5.14. The van der Waals surface area contributed by atoms with Crippen LogP contribution in [0.4, 0.5) is 0 Å². The molecule has 0 heterocycles. The van der Waals surface area contributed by atoms with E-state index in [4.69, 9.17) is 15.9 Å². The van der Waals surface area contributed by atoms with E-state index in [0.29, 0.717) is 0 Å². The van der Waals surface area contributed by atoms with E-state index in [1.165, 1.54) is 0 Å². The van der Waals surface area contributed by atoms with Gasteiger partial charge in [-0.3, -0.25) is 33.6 Å². The maximum atomic E-state index is 12.8. The Bertz CT molecular complexity index is 828. The molecule has 8 N–H and O–H groups in total. The van der Waals surface area contributed by atoms with Crippen LogP contribution in [0.25, 0.3) is 0 Å². The molecule has 0 spiro atoms. The fourth-order valence-corrected chi connectivity index (χ4v) is 2.89. The second kappa shape index (κ2) is 15.0. The van der Waals surface area contributed by atoms with Gasteiger partial charge in [0.25, 0.3) is 0 Å². The fourth-order valence-electron chi connectivity index (χ4n) is 2.89. The molecular weight excluding hydrogens is 470 g/mol. The van der Waals surface area contributed by atoms with Crippen molar-refractivity contribution in [2.24, 2.45) is 11.7 Å². The van der Waals surface area contributed by atoms with Gasteiger partial charge < -0.3 is 42.0 Å². The summed E-state index contributed by atoms with van der Waals surface area (Å²) in [5.74, 6) is -7.65. The third kappa shape index (κ3) is 13.3. The smallest absolute Gasteiger partial charge is 0.305 e. The van der Waals surface area contributed by atoms with Crippen molar-refractivity contribution in [3.63, 3.8) is 0 Å². The molecule has 4 unspecified atom stereocenters. The van der Waals surface area contributed by atoms with Crippen LogP contribution < -0.4 is 27.0 Å². The van der Waals surface area contributed by atoms with Gasteiger partial charge in [0.2, 0.25) is 29.5 Å². The van der Waals surface area contributed by atoms with E-state index in [9.17, 15) is 38.4 Å². The minimum Gasteiger partial charge on any atom is -0.481 e. The van der Waals surface area contributed by atoms with Crippen LogP contribution in [0.3, 0.4) is 0 Å². The van der Waals surface area contributed by atoms with E-state index in [-0.39, 0.29) is 18.6 Å². The molecule has 15 heteroatoms. The number of rotatable bonds is 16. The van der Waals surface area contributed by atoms with E-state index in [2.05, 4.69) is 21.3 Å². The highest BCUT2D eigenvalue weighted by molar-refractivity contribution is 5.97. The standard InChI is InChI=1S/C20H31N5O10/c1-9(2)4-12(18(33)23-11(8-26)5-16(29)30)24-19(34)13(6-15(21)28)25-20(35)14(7-17(31)32)22-10(3)27/h8-9,11-14H,4-7H2,1-3H3,(H2,21,28)(H,22,27)(H,23,33)(H,24,34)(H,25,35)(H,29,30)(H,31,32). The first-order valence-corrected chi connectivity index (χ1v) is 10.5. The van der Waals surface area contributed by atoms with Gasteiger partial charge in [-0.2, -0.15) is 0 Å². The molecular formula is C20H31N5O10. The van der Waals surface area contributed by atoms with Crippen LogP contribution in [-0.2, 0) is 38.4 Å². The Kier molecular flexibility index (Phi) is 13.2. The van der Waals surface area contributed by atoms with Crippen molar-refractivity contribution in [1.29, 1.82) is 0 Å². The third-order valence-corrected chi connectivity index (χ3v) is 4.34. The first kappa shape index (κ1) is 31.0. The number of aldehydes is 1. The SMILES string of the molecule is CC(=O)NC(CC(=O)O)C(=O)NC(CC(N)=O)C(=O)NC(CC(C)C)C(=O)NC(C=O)CC(=O)O. The number of carboxylic acids is 2. The van der Waals surface area contributed by atoms with Crippen molar-refractivity contribution in [1.82, 2.24) is 21.3 Å². The first-order chi connectivity index (χ1) is 16.2. The van der Waals surface area contributed by atoms with Crippen LogP contribution in [0.5, 0.6) is 0 Å². The number of primary amides is 1. The molecule has 0 bridgehead atoms. The first-order valence-electron chi connectivity index (χ1n) is 10.5. The number of amides is 5. The molecule has 35 heavy (non-hydrogen) atoms. The molecule has 15 nitrogen and oxygen atoms in total. The van der Waals surface area contributed by atoms with Crippen LogP contribution in [0.2, 0.25) is 0 Å². The quantitative estimate of drug-likeness (QED) is 0.106. The topological polar surface area (TPSA) is 251 Å². The molecule has 0 radical (unpaired) electrons. The van der Waals surface area contributed by atoms with Gasteiger partial charge in [-0.05, 0) is 12.3 Å². The van der Waals surface area contributed by atoms with Crippen LogP contribution >= 0.6 is 0 Å². The van der Waals surface area contributed by atoms with Crippen molar-refractivity contribution in [2.75, 3.05) is 0 Å². The summed E-state index contributed by atoms with van der Waals surface area (Å²) in [7, 11) is 0. The Morgan fingerprint density at radius 3 is 1.60 bits per heavy atom. The molecule has 0 fully saturated rings. The Hall–Kier alpha value is -4.04. The molecule has 0 aromatic carbocycles. The monoisotopic (exact) mass is 501 g/mol. The number of carbonyl (C=O) groups is 8. The van der Waals surface area contributed by atoms with Crippen LogP contribution in [0, 0.1) is 5.92 Å². The molecule has 4 atom stereocenters. The molecule has 0 saturated carbocycles. The number of hydrogen-bond donors (Lipinski definition) is 7. The molecule has 0 aliphatic rings. The highest BCUT2D eigenvalue weighted by Gasteiger charge is 2.32. The summed E-state index contributed by atoms with van der Waals surface area (Å²) < 4.78 is 0. The number of aliphatic carboxylic acids is 2. The summed E-state index contributed by atoms with van der Waals surface area (Å²) in [4.78, 5) is 93.6. The van der Waals surface area contributed by atoms with Gasteiger partial charge in [-0.15, -0.1) is 0 Å². The van der Waals surface area contributed by atoms with Gasteiger partial charge in [-0.25, -0.2) is 0 Å². The number of carboxylic acid groups (broad SMARTS) is 2. The average Bonchev–Trinajstić information content (AvgIpc) is 2.69. The summed E-state index contributed by atoms with van der Waals surface area (Å²) in [6, 6.07) is -5.83. The lowest BCUT2D eigenvalue weighted by Crippen LogP contribution is -2.58. The molecule has 0 aliphatic heterocycles. The zero-order chi connectivity index (χ0) is 27.3. The minimum absolute atomic E-state index is 0.0426.